The zero-order chi connectivity index (χ0) is 14.6. The first-order chi connectivity index (χ1) is 9.56. The van der Waals surface area contributed by atoms with Crippen molar-refractivity contribution in [1.82, 2.24) is 0 Å². The molecule has 0 amide bonds. The van der Waals surface area contributed by atoms with Crippen molar-refractivity contribution < 1.29 is 22.7 Å². The van der Waals surface area contributed by atoms with E-state index in [2.05, 4.69) is 4.72 Å². The topological polar surface area (TPSA) is 88.8 Å². The zero-order valence-electron chi connectivity index (χ0n) is 10.9. The molecular formula is C13H15NO5S. The number of anilines is 1. The molecule has 108 valence electrons. The third kappa shape index (κ3) is 3.12. The highest BCUT2D eigenvalue weighted by atomic mass is 32.2. The van der Waals surface area contributed by atoms with Crippen LogP contribution in [0.15, 0.2) is 45.9 Å². The third-order valence-electron chi connectivity index (χ3n) is 2.49. The quantitative estimate of drug-likeness (QED) is 0.851. The van der Waals surface area contributed by atoms with E-state index in [9.17, 15) is 8.42 Å². The molecule has 2 rings (SSSR count). The first kappa shape index (κ1) is 14.4. The first-order valence-corrected chi connectivity index (χ1v) is 7.49. The molecule has 0 radical (unpaired) electrons. The summed E-state index contributed by atoms with van der Waals surface area (Å²) in [6.07, 6.45) is 0. The van der Waals surface area contributed by atoms with Crippen LogP contribution in [0.4, 0.5) is 5.69 Å². The van der Waals surface area contributed by atoms with Gasteiger partial charge in [0.05, 0.1) is 12.3 Å². The first-order valence-electron chi connectivity index (χ1n) is 6.01. The normalized spacial score (nSPS) is 11.3. The summed E-state index contributed by atoms with van der Waals surface area (Å²) in [7, 11) is -3.85. The number of sulfonamides is 1. The van der Waals surface area contributed by atoms with Gasteiger partial charge in [0.2, 0.25) is 5.09 Å². The maximum absolute atomic E-state index is 12.1. The second-order valence-electron chi connectivity index (χ2n) is 3.91. The Labute approximate surface area is 117 Å². The van der Waals surface area contributed by atoms with Gasteiger partial charge in [-0.05, 0) is 31.2 Å². The van der Waals surface area contributed by atoms with Crippen LogP contribution in [-0.2, 0) is 16.6 Å². The molecule has 0 unspecified atom stereocenters. The summed E-state index contributed by atoms with van der Waals surface area (Å²) in [6.45, 7) is 1.88. The Balaban J connectivity index is 2.28. The van der Waals surface area contributed by atoms with E-state index in [0.717, 1.165) is 0 Å². The van der Waals surface area contributed by atoms with Gasteiger partial charge in [-0.3, -0.25) is 4.72 Å². The van der Waals surface area contributed by atoms with Crippen LogP contribution in [0.2, 0.25) is 0 Å². The average molecular weight is 297 g/mol. The second-order valence-corrected chi connectivity index (χ2v) is 5.53. The Hall–Kier alpha value is -1.99. The average Bonchev–Trinajstić information content (AvgIpc) is 2.91. The van der Waals surface area contributed by atoms with Crippen LogP contribution in [0.1, 0.15) is 12.7 Å². The van der Waals surface area contributed by atoms with Gasteiger partial charge < -0.3 is 14.3 Å². The lowest BCUT2D eigenvalue weighted by atomic mass is 10.3. The molecule has 1 aromatic carbocycles. The van der Waals surface area contributed by atoms with E-state index in [1.807, 2.05) is 6.92 Å². The SMILES string of the molecule is CCOc1ccccc1NS(=O)(=O)c1ccc(CO)o1. The van der Waals surface area contributed by atoms with Gasteiger partial charge in [0, 0.05) is 0 Å². The van der Waals surface area contributed by atoms with Crippen LogP contribution in [0.3, 0.4) is 0 Å². The number of hydrogen-bond donors (Lipinski definition) is 2. The van der Waals surface area contributed by atoms with Gasteiger partial charge in [-0.1, -0.05) is 12.1 Å². The van der Waals surface area contributed by atoms with E-state index >= 15 is 0 Å². The number of ether oxygens (including phenoxy) is 1. The number of benzene rings is 1. The number of para-hydroxylation sites is 2. The van der Waals surface area contributed by atoms with E-state index in [4.69, 9.17) is 14.3 Å². The fourth-order valence-corrected chi connectivity index (χ4v) is 2.64. The summed E-state index contributed by atoms with van der Waals surface area (Å²) in [5.74, 6) is 0.621. The predicted octanol–water partition coefficient (Wildman–Crippen LogP) is 1.97. The van der Waals surface area contributed by atoms with Crippen molar-refractivity contribution in [2.24, 2.45) is 0 Å². The number of hydrogen-bond acceptors (Lipinski definition) is 5. The Morgan fingerprint density at radius 1 is 1.25 bits per heavy atom. The highest BCUT2D eigenvalue weighted by Gasteiger charge is 2.20. The molecule has 0 fully saturated rings. The van der Waals surface area contributed by atoms with Crippen LogP contribution >= 0.6 is 0 Å². The molecule has 0 aliphatic heterocycles. The van der Waals surface area contributed by atoms with Crippen LogP contribution in [0, 0.1) is 0 Å². The Morgan fingerprint density at radius 3 is 2.65 bits per heavy atom. The number of rotatable bonds is 6. The summed E-state index contributed by atoms with van der Waals surface area (Å²) >= 11 is 0. The van der Waals surface area contributed by atoms with Gasteiger partial charge in [-0.15, -0.1) is 0 Å². The monoisotopic (exact) mass is 297 g/mol. The molecule has 2 N–H and O–H groups in total. The number of furan rings is 1. The van der Waals surface area contributed by atoms with Crippen LogP contribution in [0.25, 0.3) is 0 Å². The maximum atomic E-state index is 12.1. The van der Waals surface area contributed by atoms with Crippen molar-refractivity contribution in [2.45, 2.75) is 18.6 Å². The smallest absolute Gasteiger partial charge is 0.295 e. The molecule has 0 aliphatic rings. The lowest BCUT2D eigenvalue weighted by Gasteiger charge is -2.11. The maximum Gasteiger partial charge on any atom is 0.295 e. The molecule has 1 heterocycles. The fourth-order valence-electron chi connectivity index (χ4n) is 1.62. The van der Waals surface area contributed by atoms with E-state index in [0.29, 0.717) is 18.0 Å². The molecule has 0 spiro atoms. The minimum Gasteiger partial charge on any atom is -0.492 e. The standard InChI is InChI=1S/C13H15NO5S/c1-2-18-12-6-4-3-5-11(12)14-20(16,17)13-8-7-10(9-15)19-13/h3-8,14-15H,2,9H2,1H3. The van der Waals surface area contributed by atoms with Crippen molar-refractivity contribution in [3.63, 3.8) is 0 Å². The summed E-state index contributed by atoms with van der Waals surface area (Å²) < 4.78 is 37.1. The van der Waals surface area contributed by atoms with E-state index in [-0.39, 0.29) is 17.5 Å². The molecule has 0 aliphatic carbocycles. The van der Waals surface area contributed by atoms with E-state index in [1.165, 1.54) is 12.1 Å². The van der Waals surface area contributed by atoms with E-state index < -0.39 is 10.0 Å². The van der Waals surface area contributed by atoms with Crippen molar-refractivity contribution in [3.8, 4) is 5.75 Å². The largest absolute Gasteiger partial charge is 0.492 e. The predicted molar refractivity (Wildman–Crippen MR) is 73.1 cm³/mol. The fraction of sp³-hybridized carbons (Fsp3) is 0.231. The van der Waals surface area contributed by atoms with Crippen molar-refractivity contribution in [3.05, 3.63) is 42.2 Å². The summed E-state index contributed by atoms with van der Waals surface area (Å²) in [4.78, 5) is 0. The zero-order valence-corrected chi connectivity index (χ0v) is 11.7. The van der Waals surface area contributed by atoms with Crippen molar-refractivity contribution in [1.29, 1.82) is 0 Å². The Bertz CT molecular complexity index is 678. The van der Waals surface area contributed by atoms with Gasteiger partial charge in [-0.25, -0.2) is 0 Å². The highest BCUT2D eigenvalue weighted by molar-refractivity contribution is 7.92. The molecule has 7 heteroatoms. The van der Waals surface area contributed by atoms with Gasteiger partial charge >= 0.3 is 0 Å². The minimum atomic E-state index is -3.85. The van der Waals surface area contributed by atoms with E-state index in [1.54, 1.807) is 24.3 Å². The van der Waals surface area contributed by atoms with Gasteiger partial charge in [0.25, 0.3) is 10.0 Å². The molecule has 2 aromatic rings. The lowest BCUT2D eigenvalue weighted by Crippen LogP contribution is -2.13. The van der Waals surface area contributed by atoms with Gasteiger partial charge in [0.15, 0.2) is 0 Å². The molecule has 0 atom stereocenters. The van der Waals surface area contributed by atoms with Crippen LogP contribution in [0.5, 0.6) is 5.75 Å². The molecule has 0 bridgehead atoms. The number of aliphatic hydroxyl groups excluding tert-OH is 1. The van der Waals surface area contributed by atoms with Gasteiger partial charge in [-0.2, -0.15) is 8.42 Å². The Kier molecular flexibility index (Phi) is 4.31. The summed E-state index contributed by atoms with van der Waals surface area (Å²) in [6, 6.07) is 9.41. The highest BCUT2D eigenvalue weighted by Crippen LogP contribution is 2.27. The molecule has 1 aromatic heterocycles. The lowest BCUT2D eigenvalue weighted by molar-refractivity contribution is 0.236. The molecule has 6 nitrogen and oxygen atoms in total. The number of aliphatic hydroxyl groups is 1. The Morgan fingerprint density at radius 2 is 2.00 bits per heavy atom. The molecular weight excluding hydrogens is 282 g/mol. The second kappa shape index (κ2) is 5.98. The van der Waals surface area contributed by atoms with Crippen molar-refractivity contribution >= 4 is 15.7 Å². The minimum absolute atomic E-state index is 0.184. The summed E-state index contributed by atoms with van der Waals surface area (Å²) in [5.41, 5.74) is 0.330. The van der Waals surface area contributed by atoms with Crippen molar-refractivity contribution in [2.75, 3.05) is 11.3 Å². The number of nitrogens with one attached hydrogen (secondary N) is 1. The van der Waals surface area contributed by atoms with Crippen LogP contribution < -0.4 is 9.46 Å². The summed E-state index contributed by atoms with van der Waals surface area (Å²) in [5, 5.41) is 8.63. The molecule has 0 saturated heterocycles. The van der Waals surface area contributed by atoms with Crippen LogP contribution in [-0.4, -0.2) is 20.1 Å². The molecule has 0 saturated carbocycles. The molecule has 20 heavy (non-hydrogen) atoms. The van der Waals surface area contributed by atoms with Gasteiger partial charge in [0.1, 0.15) is 18.1 Å². The third-order valence-corrected chi connectivity index (χ3v) is 3.73.